The zero-order valence-corrected chi connectivity index (χ0v) is 14.7. The molecule has 2 rings (SSSR count). The Morgan fingerprint density at radius 2 is 1.87 bits per heavy atom. The predicted octanol–water partition coefficient (Wildman–Crippen LogP) is 2.70. The molecule has 23 heavy (non-hydrogen) atoms. The zero-order valence-electron chi connectivity index (χ0n) is 14.7. The van der Waals surface area contributed by atoms with Crippen LogP contribution >= 0.6 is 0 Å². The van der Waals surface area contributed by atoms with Crippen molar-refractivity contribution in [1.29, 1.82) is 0 Å². The van der Waals surface area contributed by atoms with Crippen molar-refractivity contribution in [3.05, 3.63) is 23.8 Å². The molecule has 1 aliphatic rings. The first-order valence-electron chi connectivity index (χ1n) is 8.49. The van der Waals surface area contributed by atoms with E-state index in [1.165, 1.54) is 5.56 Å². The van der Waals surface area contributed by atoms with E-state index in [1.807, 2.05) is 6.07 Å². The summed E-state index contributed by atoms with van der Waals surface area (Å²) in [5, 5.41) is 6.62. The average Bonchev–Trinajstić information content (AvgIpc) is 2.57. The van der Waals surface area contributed by atoms with Gasteiger partial charge in [-0.15, -0.1) is 0 Å². The summed E-state index contributed by atoms with van der Waals surface area (Å²) in [6.07, 6.45) is 1.08. The molecule has 1 aliphatic heterocycles. The summed E-state index contributed by atoms with van der Waals surface area (Å²) in [5.74, 6) is 2.54. The first-order chi connectivity index (χ1) is 11.1. The molecule has 0 radical (unpaired) electrons. The van der Waals surface area contributed by atoms with Gasteiger partial charge in [-0.25, -0.2) is 0 Å². The minimum atomic E-state index is -0.0790. The second-order valence-corrected chi connectivity index (χ2v) is 6.36. The van der Waals surface area contributed by atoms with Gasteiger partial charge in [0.1, 0.15) is 13.2 Å². The van der Waals surface area contributed by atoms with Crippen LogP contribution in [0, 0.1) is 0 Å². The number of guanidine groups is 1. The molecule has 1 aromatic rings. The maximum atomic E-state index is 5.69. The second kappa shape index (κ2) is 8.09. The molecule has 1 aromatic carbocycles. The molecule has 0 amide bonds. The van der Waals surface area contributed by atoms with E-state index in [9.17, 15) is 0 Å². The third kappa shape index (κ3) is 4.78. The smallest absolute Gasteiger partial charge is 0.191 e. The molecule has 0 aromatic heterocycles. The van der Waals surface area contributed by atoms with E-state index in [0.717, 1.165) is 37.0 Å². The Hall–Kier alpha value is -1.91. The lowest BCUT2D eigenvalue weighted by atomic mass is 9.84. The van der Waals surface area contributed by atoms with Crippen LogP contribution in [0.3, 0.4) is 0 Å². The summed E-state index contributed by atoms with van der Waals surface area (Å²) in [4.78, 5) is 4.73. The van der Waals surface area contributed by atoms with Crippen molar-refractivity contribution in [1.82, 2.24) is 10.6 Å². The van der Waals surface area contributed by atoms with Gasteiger partial charge in [0.15, 0.2) is 17.5 Å². The van der Waals surface area contributed by atoms with E-state index in [-0.39, 0.29) is 5.41 Å². The molecule has 128 valence electrons. The molecule has 0 fully saturated rings. The van der Waals surface area contributed by atoms with E-state index in [0.29, 0.717) is 19.8 Å². The number of aliphatic imine (C=N–C) groups is 1. The van der Waals surface area contributed by atoms with Crippen LogP contribution in [0.5, 0.6) is 11.5 Å². The van der Waals surface area contributed by atoms with Crippen molar-refractivity contribution in [2.45, 2.75) is 39.5 Å². The molecule has 0 saturated carbocycles. The number of rotatable bonds is 6. The predicted molar refractivity (Wildman–Crippen MR) is 94.7 cm³/mol. The maximum absolute atomic E-state index is 5.69. The van der Waals surface area contributed by atoms with Gasteiger partial charge in [-0.05, 0) is 31.0 Å². The molecule has 0 bridgehead atoms. The fraction of sp³-hybridized carbons (Fsp3) is 0.611. The minimum Gasteiger partial charge on any atom is -0.486 e. The van der Waals surface area contributed by atoms with Gasteiger partial charge in [0.05, 0.1) is 6.54 Å². The van der Waals surface area contributed by atoms with E-state index >= 15 is 0 Å². The maximum Gasteiger partial charge on any atom is 0.191 e. The highest BCUT2D eigenvalue weighted by molar-refractivity contribution is 5.79. The van der Waals surface area contributed by atoms with Crippen LogP contribution in [-0.4, -0.2) is 38.8 Å². The van der Waals surface area contributed by atoms with Gasteiger partial charge in [-0.2, -0.15) is 0 Å². The van der Waals surface area contributed by atoms with E-state index in [1.54, 1.807) is 0 Å². The Bertz CT molecular complexity index is 541. The van der Waals surface area contributed by atoms with Gasteiger partial charge in [0.2, 0.25) is 0 Å². The highest BCUT2D eigenvalue weighted by Crippen LogP contribution is 2.35. The first kappa shape index (κ1) is 17.4. The Labute approximate surface area is 139 Å². The standard InChI is InChI=1S/C18H29N3O2/c1-5-9-20-17(19-6-2)21-13-18(3,4)14-7-8-15-16(12-14)23-11-10-22-15/h7-8,12H,5-6,9-11,13H2,1-4H3,(H2,19,20,21). The van der Waals surface area contributed by atoms with Crippen LogP contribution in [-0.2, 0) is 5.41 Å². The van der Waals surface area contributed by atoms with E-state index < -0.39 is 0 Å². The molecule has 5 nitrogen and oxygen atoms in total. The number of nitrogens with zero attached hydrogens (tertiary/aromatic N) is 1. The van der Waals surface area contributed by atoms with Gasteiger partial charge in [-0.1, -0.05) is 26.8 Å². The Morgan fingerprint density at radius 3 is 2.57 bits per heavy atom. The Kier molecular flexibility index (Phi) is 6.13. The topological polar surface area (TPSA) is 54.9 Å². The van der Waals surface area contributed by atoms with Crippen molar-refractivity contribution in [2.75, 3.05) is 32.8 Å². The van der Waals surface area contributed by atoms with Gasteiger partial charge < -0.3 is 20.1 Å². The number of ether oxygens (including phenoxy) is 2. The Morgan fingerprint density at radius 1 is 1.13 bits per heavy atom. The normalized spacial score (nSPS) is 14.5. The lowest BCUT2D eigenvalue weighted by molar-refractivity contribution is 0.171. The third-order valence-electron chi connectivity index (χ3n) is 3.84. The van der Waals surface area contributed by atoms with Crippen LogP contribution in [0.15, 0.2) is 23.2 Å². The molecule has 0 aliphatic carbocycles. The quantitative estimate of drug-likeness (QED) is 0.625. The molecule has 0 atom stereocenters. The monoisotopic (exact) mass is 319 g/mol. The van der Waals surface area contributed by atoms with Crippen molar-refractivity contribution in [3.63, 3.8) is 0 Å². The van der Waals surface area contributed by atoms with Crippen molar-refractivity contribution in [3.8, 4) is 11.5 Å². The van der Waals surface area contributed by atoms with Gasteiger partial charge >= 0.3 is 0 Å². The first-order valence-corrected chi connectivity index (χ1v) is 8.49. The van der Waals surface area contributed by atoms with E-state index in [4.69, 9.17) is 14.5 Å². The number of hydrogen-bond acceptors (Lipinski definition) is 3. The van der Waals surface area contributed by atoms with Gasteiger partial charge in [0.25, 0.3) is 0 Å². The summed E-state index contributed by atoms with van der Waals surface area (Å²) in [7, 11) is 0. The SMILES string of the molecule is CCCNC(=NCC(C)(C)c1ccc2c(c1)OCCO2)NCC. The number of hydrogen-bond donors (Lipinski definition) is 2. The highest BCUT2D eigenvalue weighted by Gasteiger charge is 2.23. The summed E-state index contributed by atoms with van der Waals surface area (Å²) in [6, 6.07) is 6.18. The fourth-order valence-corrected chi connectivity index (χ4v) is 2.42. The van der Waals surface area contributed by atoms with Crippen LogP contribution in [0.1, 0.15) is 39.7 Å². The summed E-state index contributed by atoms with van der Waals surface area (Å²) in [5.41, 5.74) is 1.13. The number of fused-ring (bicyclic) bond motifs is 1. The van der Waals surface area contributed by atoms with Crippen molar-refractivity contribution in [2.24, 2.45) is 4.99 Å². The molecule has 0 saturated heterocycles. The number of nitrogens with one attached hydrogen (secondary N) is 2. The average molecular weight is 319 g/mol. The van der Waals surface area contributed by atoms with Gasteiger partial charge in [-0.3, -0.25) is 4.99 Å². The molecular formula is C18H29N3O2. The molecule has 2 N–H and O–H groups in total. The van der Waals surface area contributed by atoms with E-state index in [2.05, 4.69) is 50.5 Å². The van der Waals surface area contributed by atoms with Crippen molar-refractivity contribution < 1.29 is 9.47 Å². The fourth-order valence-electron chi connectivity index (χ4n) is 2.42. The molecule has 1 heterocycles. The molecule has 0 unspecified atom stereocenters. The van der Waals surface area contributed by atoms with Crippen LogP contribution < -0.4 is 20.1 Å². The lowest BCUT2D eigenvalue weighted by Gasteiger charge is -2.26. The molecular weight excluding hydrogens is 290 g/mol. The van der Waals surface area contributed by atoms with Crippen LogP contribution in [0.2, 0.25) is 0 Å². The highest BCUT2D eigenvalue weighted by atomic mass is 16.6. The molecule has 0 spiro atoms. The lowest BCUT2D eigenvalue weighted by Crippen LogP contribution is -2.38. The second-order valence-electron chi connectivity index (χ2n) is 6.36. The largest absolute Gasteiger partial charge is 0.486 e. The molecule has 5 heteroatoms. The van der Waals surface area contributed by atoms with Gasteiger partial charge in [0, 0.05) is 18.5 Å². The van der Waals surface area contributed by atoms with Crippen LogP contribution in [0.4, 0.5) is 0 Å². The summed E-state index contributed by atoms with van der Waals surface area (Å²) >= 11 is 0. The Balaban J connectivity index is 2.10. The third-order valence-corrected chi connectivity index (χ3v) is 3.84. The van der Waals surface area contributed by atoms with Crippen LogP contribution in [0.25, 0.3) is 0 Å². The van der Waals surface area contributed by atoms with Crippen molar-refractivity contribution >= 4 is 5.96 Å². The minimum absolute atomic E-state index is 0.0790. The zero-order chi connectivity index (χ0) is 16.7. The summed E-state index contributed by atoms with van der Waals surface area (Å²) < 4.78 is 11.3. The number of benzene rings is 1. The summed E-state index contributed by atoms with van der Waals surface area (Å²) in [6.45, 7) is 12.3.